The monoisotopic (exact) mass is 214 g/mol. The first-order valence-corrected chi connectivity index (χ1v) is 6.22. The number of hydrogen-bond acceptors (Lipinski definition) is 1. The molecule has 2 aromatic rings. The number of H-pyrrole nitrogens is 1. The van der Waals surface area contributed by atoms with Crippen LogP contribution in [0.4, 0.5) is 0 Å². The lowest BCUT2D eigenvalue weighted by Crippen LogP contribution is -2.21. The Kier molecular flexibility index (Phi) is 2.66. The molecule has 16 heavy (non-hydrogen) atoms. The normalized spacial score (nSPS) is 20.6. The molecule has 1 aromatic carbocycles. The Bertz CT molecular complexity index is 466. The summed E-state index contributed by atoms with van der Waals surface area (Å²) in [7, 11) is 0. The summed E-state index contributed by atoms with van der Waals surface area (Å²) in [6.45, 7) is 1.21. The Morgan fingerprint density at radius 1 is 1.25 bits per heavy atom. The van der Waals surface area contributed by atoms with Crippen LogP contribution in [0.15, 0.2) is 30.5 Å². The van der Waals surface area contributed by atoms with Gasteiger partial charge in [-0.3, -0.25) is 0 Å². The molecular weight excluding hydrogens is 196 g/mol. The quantitative estimate of drug-likeness (QED) is 0.808. The molecule has 2 heteroatoms. The molecule has 0 amide bonds. The fourth-order valence-electron chi connectivity index (χ4n) is 2.67. The minimum absolute atomic E-state index is 0.744. The molecule has 0 radical (unpaired) electrons. The fraction of sp³-hybridized carbons (Fsp3) is 0.429. The van der Waals surface area contributed by atoms with Crippen LogP contribution in [0.1, 0.15) is 24.8 Å². The molecule has 1 unspecified atom stereocenters. The summed E-state index contributed by atoms with van der Waals surface area (Å²) in [5, 5.41) is 4.95. The van der Waals surface area contributed by atoms with Gasteiger partial charge in [0.05, 0.1) is 0 Å². The number of para-hydroxylation sites is 1. The van der Waals surface area contributed by atoms with Crippen molar-refractivity contribution in [3.8, 4) is 0 Å². The number of benzene rings is 1. The summed E-state index contributed by atoms with van der Waals surface area (Å²) in [6.07, 6.45) is 7.31. The zero-order valence-electron chi connectivity index (χ0n) is 9.50. The second kappa shape index (κ2) is 4.30. The Hall–Kier alpha value is -1.28. The first kappa shape index (κ1) is 9.91. The topological polar surface area (TPSA) is 27.8 Å². The highest BCUT2D eigenvalue weighted by Crippen LogP contribution is 2.20. The number of hydrogen-bond donors (Lipinski definition) is 2. The van der Waals surface area contributed by atoms with E-state index in [0.29, 0.717) is 0 Å². The summed E-state index contributed by atoms with van der Waals surface area (Å²) >= 11 is 0. The largest absolute Gasteiger partial charge is 0.361 e. The average Bonchev–Trinajstić information content (AvgIpc) is 2.96. The molecule has 1 aliphatic heterocycles. The van der Waals surface area contributed by atoms with Gasteiger partial charge in [-0.25, -0.2) is 0 Å². The van der Waals surface area contributed by atoms with Crippen molar-refractivity contribution in [2.45, 2.75) is 31.7 Å². The van der Waals surface area contributed by atoms with E-state index in [0.717, 1.165) is 6.04 Å². The lowest BCUT2D eigenvalue weighted by Gasteiger charge is -2.08. The molecule has 2 heterocycles. The van der Waals surface area contributed by atoms with Crippen LogP contribution in [-0.4, -0.2) is 17.6 Å². The molecule has 2 nitrogen and oxygen atoms in total. The zero-order valence-corrected chi connectivity index (χ0v) is 9.50. The number of rotatable bonds is 3. The number of fused-ring (bicyclic) bond motifs is 1. The van der Waals surface area contributed by atoms with E-state index in [-0.39, 0.29) is 0 Å². The van der Waals surface area contributed by atoms with Gasteiger partial charge < -0.3 is 10.3 Å². The summed E-state index contributed by atoms with van der Waals surface area (Å²) in [4.78, 5) is 3.34. The van der Waals surface area contributed by atoms with Crippen molar-refractivity contribution in [3.63, 3.8) is 0 Å². The first-order valence-electron chi connectivity index (χ1n) is 6.22. The summed E-state index contributed by atoms with van der Waals surface area (Å²) in [5.41, 5.74) is 2.72. The standard InChI is InChI=1S/C14H18N2/c1-2-6-14-13(5-1)11(10-16-14)7-8-12-4-3-9-15-12/h1-2,5-6,10,12,15-16H,3-4,7-9H2. The van der Waals surface area contributed by atoms with Crippen LogP contribution in [0, 0.1) is 0 Å². The molecule has 0 saturated carbocycles. The second-order valence-corrected chi connectivity index (χ2v) is 4.69. The zero-order chi connectivity index (χ0) is 10.8. The van der Waals surface area contributed by atoms with Crippen LogP contribution in [0.5, 0.6) is 0 Å². The van der Waals surface area contributed by atoms with Crippen LogP contribution >= 0.6 is 0 Å². The highest BCUT2D eigenvalue weighted by atomic mass is 14.9. The van der Waals surface area contributed by atoms with Crippen molar-refractivity contribution in [1.82, 2.24) is 10.3 Å². The smallest absolute Gasteiger partial charge is 0.0456 e. The van der Waals surface area contributed by atoms with Crippen molar-refractivity contribution in [2.24, 2.45) is 0 Å². The molecule has 1 fully saturated rings. The third-order valence-electron chi connectivity index (χ3n) is 3.60. The minimum atomic E-state index is 0.744. The third kappa shape index (κ3) is 1.85. The van der Waals surface area contributed by atoms with E-state index < -0.39 is 0 Å². The van der Waals surface area contributed by atoms with E-state index >= 15 is 0 Å². The molecule has 1 aromatic heterocycles. The van der Waals surface area contributed by atoms with Gasteiger partial charge in [-0.05, 0) is 43.9 Å². The maximum Gasteiger partial charge on any atom is 0.0456 e. The van der Waals surface area contributed by atoms with Gasteiger partial charge in [-0.15, -0.1) is 0 Å². The molecule has 1 atom stereocenters. The van der Waals surface area contributed by atoms with Crippen molar-refractivity contribution < 1.29 is 0 Å². The molecule has 3 rings (SSSR count). The predicted molar refractivity (Wildman–Crippen MR) is 67.6 cm³/mol. The molecule has 84 valence electrons. The lowest BCUT2D eigenvalue weighted by molar-refractivity contribution is 0.560. The maximum atomic E-state index is 3.56. The Labute approximate surface area is 96.1 Å². The van der Waals surface area contributed by atoms with Gasteiger partial charge in [0.1, 0.15) is 0 Å². The van der Waals surface area contributed by atoms with E-state index in [4.69, 9.17) is 0 Å². The minimum Gasteiger partial charge on any atom is -0.361 e. The maximum absolute atomic E-state index is 3.56. The van der Waals surface area contributed by atoms with Gasteiger partial charge in [0.25, 0.3) is 0 Å². The van der Waals surface area contributed by atoms with E-state index in [2.05, 4.69) is 40.8 Å². The molecule has 0 bridgehead atoms. The molecule has 2 N–H and O–H groups in total. The number of aryl methyl sites for hydroxylation is 1. The first-order chi connectivity index (χ1) is 7.93. The van der Waals surface area contributed by atoms with E-state index in [1.54, 1.807) is 0 Å². The molecular formula is C14H18N2. The van der Waals surface area contributed by atoms with Gasteiger partial charge in [-0.1, -0.05) is 18.2 Å². The SMILES string of the molecule is c1ccc2c(CCC3CCCN3)c[nH]c2c1. The van der Waals surface area contributed by atoms with Gasteiger partial charge in [0.15, 0.2) is 0 Å². The van der Waals surface area contributed by atoms with Crippen molar-refractivity contribution in [3.05, 3.63) is 36.0 Å². The van der Waals surface area contributed by atoms with Gasteiger partial charge >= 0.3 is 0 Å². The number of aromatic nitrogens is 1. The van der Waals surface area contributed by atoms with Crippen molar-refractivity contribution in [2.75, 3.05) is 6.54 Å². The van der Waals surface area contributed by atoms with Crippen LogP contribution in [0.3, 0.4) is 0 Å². The van der Waals surface area contributed by atoms with E-state index in [9.17, 15) is 0 Å². The second-order valence-electron chi connectivity index (χ2n) is 4.69. The fourth-order valence-corrected chi connectivity index (χ4v) is 2.67. The van der Waals surface area contributed by atoms with Crippen LogP contribution in [0.25, 0.3) is 10.9 Å². The van der Waals surface area contributed by atoms with E-state index in [1.165, 1.54) is 48.7 Å². The van der Waals surface area contributed by atoms with Crippen molar-refractivity contribution >= 4 is 10.9 Å². The molecule has 1 aliphatic rings. The summed E-state index contributed by atoms with van der Waals surface area (Å²) in [6, 6.07) is 9.30. The molecule has 0 aliphatic carbocycles. The van der Waals surface area contributed by atoms with Crippen LogP contribution < -0.4 is 5.32 Å². The van der Waals surface area contributed by atoms with Gasteiger partial charge in [0.2, 0.25) is 0 Å². The lowest BCUT2D eigenvalue weighted by atomic mass is 10.0. The highest BCUT2D eigenvalue weighted by molar-refractivity contribution is 5.82. The van der Waals surface area contributed by atoms with Gasteiger partial charge in [-0.2, -0.15) is 0 Å². The number of aromatic amines is 1. The van der Waals surface area contributed by atoms with Crippen molar-refractivity contribution in [1.29, 1.82) is 0 Å². The van der Waals surface area contributed by atoms with Crippen LogP contribution in [0.2, 0.25) is 0 Å². The Morgan fingerprint density at radius 2 is 2.19 bits per heavy atom. The average molecular weight is 214 g/mol. The predicted octanol–water partition coefficient (Wildman–Crippen LogP) is 2.85. The summed E-state index contributed by atoms with van der Waals surface area (Å²) in [5.74, 6) is 0. The van der Waals surface area contributed by atoms with Crippen LogP contribution in [-0.2, 0) is 6.42 Å². The third-order valence-corrected chi connectivity index (χ3v) is 3.60. The highest BCUT2D eigenvalue weighted by Gasteiger charge is 2.14. The molecule has 1 saturated heterocycles. The Balaban J connectivity index is 1.73. The Morgan fingerprint density at radius 3 is 3.06 bits per heavy atom. The summed E-state index contributed by atoms with van der Waals surface area (Å²) < 4.78 is 0. The van der Waals surface area contributed by atoms with E-state index in [1.807, 2.05) is 0 Å². The number of nitrogens with one attached hydrogen (secondary N) is 2. The van der Waals surface area contributed by atoms with Gasteiger partial charge in [0, 0.05) is 23.1 Å². The molecule has 0 spiro atoms.